The van der Waals surface area contributed by atoms with Gasteiger partial charge in [0.25, 0.3) is 0 Å². The highest BCUT2D eigenvalue weighted by Gasteiger charge is 2.08. The lowest BCUT2D eigenvalue weighted by atomic mass is 10.0. The lowest BCUT2D eigenvalue weighted by Crippen LogP contribution is -2.27. The smallest absolute Gasteiger partial charge is 0.123 e. The van der Waals surface area contributed by atoms with Crippen LogP contribution in [-0.4, -0.2) is 25.0 Å². The maximum atomic E-state index is 12.8. The molecule has 1 rings (SSSR count). The normalized spacial score (nSPS) is 13.4. The first-order chi connectivity index (χ1) is 7.99. The van der Waals surface area contributed by atoms with Crippen LogP contribution in [0.5, 0.6) is 0 Å². The molecule has 0 aromatic heterocycles. The maximum absolute atomic E-state index is 12.8. The van der Waals surface area contributed by atoms with Gasteiger partial charge in [-0.05, 0) is 43.6 Å². The molecule has 2 N–H and O–H groups in total. The maximum Gasteiger partial charge on any atom is 0.123 e. The fourth-order valence-electron chi connectivity index (χ4n) is 1.95. The van der Waals surface area contributed by atoms with Gasteiger partial charge in [0.2, 0.25) is 0 Å². The average Bonchev–Trinajstić information content (AvgIpc) is 2.26. The molecule has 0 spiro atoms. The first kappa shape index (κ1) is 14.1. The Labute approximate surface area is 104 Å². The standard InChI is InChI=1S/C14H23FN2/c1-11(2)10-17(3)9-8-14(16)12-4-6-13(15)7-5-12/h4-7,11,14H,8-10,16H2,1-3H3. The summed E-state index contributed by atoms with van der Waals surface area (Å²) in [4.78, 5) is 2.29. The van der Waals surface area contributed by atoms with Gasteiger partial charge in [-0.2, -0.15) is 0 Å². The number of hydrogen-bond acceptors (Lipinski definition) is 2. The highest BCUT2D eigenvalue weighted by molar-refractivity contribution is 5.19. The van der Waals surface area contributed by atoms with E-state index in [2.05, 4.69) is 25.8 Å². The Morgan fingerprint density at radius 2 is 1.82 bits per heavy atom. The Morgan fingerprint density at radius 1 is 1.24 bits per heavy atom. The van der Waals surface area contributed by atoms with Gasteiger partial charge < -0.3 is 10.6 Å². The summed E-state index contributed by atoms with van der Waals surface area (Å²) >= 11 is 0. The van der Waals surface area contributed by atoms with Gasteiger partial charge in [-0.15, -0.1) is 0 Å². The minimum Gasteiger partial charge on any atom is -0.324 e. The SMILES string of the molecule is CC(C)CN(C)CCC(N)c1ccc(F)cc1. The van der Waals surface area contributed by atoms with Crippen molar-refractivity contribution in [2.75, 3.05) is 20.1 Å². The second-order valence-corrected chi connectivity index (χ2v) is 5.10. The molecule has 0 radical (unpaired) electrons. The summed E-state index contributed by atoms with van der Waals surface area (Å²) in [5, 5.41) is 0. The molecule has 0 amide bonds. The fraction of sp³-hybridized carbons (Fsp3) is 0.571. The molecule has 2 nitrogen and oxygen atoms in total. The first-order valence-electron chi connectivity index (χ1n) is 6.18. The van der Waals surface area contributed by atoms with E-state index in [0.717, 1.165) is 25.1 Å². The zero-order chi connectivity index (χ0) is 12.8. The summed E-state index contributed by atoms with van der Waals surface area (Å²) < 4.78 is 12.8. The summed E-state index contributed by atoms with van der Waals surface area (Å²) in [5.41, 5.74) is 7.08. The molecule has 0 aliphatic heterocycles. The summed E-state index contributed by atoms with van der Waals surface area (Å²) in [6.07, 6.45) is 0.898. The summed E-state index contributed by atoms with van der Waals surface area (Å²) in [5.74, 6) is 0.458. The van der Waals surface area contributed by atoms with Crippen LogP contribution in [-0.2, 0) is 0 Å². The molecule has 0 fully saturated rings. The molecule has 1 unspecified atom stereocenters. The van der Waals surface area contributed by atoms with Gasteiger partial charge in [-0.3, -0.25) is 0 Å². The van der Waals surface area contributed by atoms with Gasteiger partial charge >= 0.3 is 0 Å². The lowest BCUT2D eigenvalue weighted by molar-refractivity contribution is 0.284. The highest BCUT2D eigenvalue weighted by Crippen LogP contribution is 2.15. The monoisotopic (exact) mass is 238 g/mol. The Hall–Kier alpha value is -0.930. The van der Waals surface area contributed by atoms with Crippen molar-refractivity contribution >= 4 is 0 Å². The molecule has 0 heterocycles. The van der Waals surface area contributed by atoms with E-state index in [0.29, 0.717) is 5.92 Å². The molecule has 0 saturated heterocycles. The van der Waals surface area contributed by atoms with Crippen molar-refractivity contribution in [1.29, 1.82) is 0 Å². The van der Waals surface area contributed by atoms with Gasteiger partial charge in [0.1, 0.15) is 5.82 Å². The van der Waals surface area contributed by atoms with Crippen LogP contribution in [0.2, 0.25) is 0 Å². The minimum atomic E-state index is -0.210. The highest BCUT2D eigenvalue weighted by atomic mass is 19.1. The molecule has 0 aliphatic rings. The number of rotatable bonds is 6. The number of nitrogens with two attached hydrogens (primary N) is 1. The van der Waals surface area contributed by atoms with Crippen LogP contribution in [0, 0.1) is 11.7 Å². The van der Waals surface area contributed by atoms with Crippen molar-refractivity contribution in [1.82, 2.24) is 4.90 Å². The molecule has 1 aromatic rings. The van der Waals surface area contributed by atoms with E-state index in [4.69, 9.17) is 5.73 Å². The van der Waals surface area contributed by atoms with Gasteiger partial charge in [0.05, 0.1) is 0 Å². The number of halogens is 1. The van der Waals surface area contributed by atoms with Crippen LogP contribution in [0.3, 0.4) is 0 Å². The Balaban J connectivity index is 2.39. The Kier molecular flexibility index (Phi) is 5.59. The fourth-order valence-corrected chi connectivity index (χ4v) is 1.95. The van der Waals surface area contributed by atoms with Crippen molar-refractivity contribution in [3.8, 4) is 0 Å². The summed E-state index contributed by atoms with van der Waals surface area (Å²) in [6.45, 7) is 6.46. The molecule has 0 bridgehead atoms. The summed E-state index contributed by atoms with van der Waals surface area (Å²) in [7, 11) is 2.11. The summed E-state index contributed by atoms with van der Waals surface area (Å²) in [6, 6.07) is 6.45. The molecular formula is C14H23FN2. The molecule has 3 heteroatoms. The molecular weight excluding hydrogens is 215 g/mol. The second kappa shape index (κ2) is 6.72. The van der Waals surface area contributed by atoms with E-state index in [-0.39, 0.29) is 11.9 Å². The van der Waals surface area contributed by atoms with E-state index in [1.165, 1.54) is 12.1 Å². The topological polar surface area (TPSA) is 29.3 Å². The molecule has 17 heavy (non-hydrogen) atoms. The second-order valence-electron chi connectivity index (χ2n) is 5.10. The molecule has 96 valence electrons. The van der Waals surface area contributed by atoms with Crippen molar-refractivity contribution in [3.63, 3.8) is 0 Å². The Morgan fingerprint density at radius 3 is 2.35 bits per heavy atom. The molecule has 1 atom stereocenters. The third kappa shape index (κ3) is 5.29. The lowest BCUT2D eigenvalue weighted by Gasteiger charge is -2.21. The van der Waals surface area contributed by atoms with Crippen LogP contribution in [0.4, 0.5) is 4.39 Å². The zero-order valence-corrected chi connectivity index (χ0v) is 11.0. The van der Waals surface area contributed by atoms with Gasteiger partial charge in [-0.25, -0.2) is 4.39 Å². The van der Waals surface area contributed by atoms with E-state index < -0.39 is 0 Å². The number of hydrogen-bond donors (Lipinski definition) is 1. The predicted octanol–water partition coefficient (Wildman–Crippen LogP) is 2.80. The van der Waals surface area contributed by atoms with E-state index in [1.807, 2.05) is 0 Å². The predicted molar refractivity (Wildman–Crippen MR) is 70.3 cm³/mol. The molecule has 0 aliphatic carbocycles. The average molecular weight is 238 g/mol. The number of benzene rings is 1. The third-order valence-corrected chi connectivity index (χ3v) is 2.80. The minimum absolute atomic E-state index is 0.00906. The quantitative estimate of drug-likeness (QED) is 0.825. The van der Waals surface area contributed by atoms with Crippen LogP contribution in [0.1, 0.15) is 31.9 Å². The van der Waals surface area contributed by atoms with Crippen LogP contribution < -0.4 is 5.73 Å². The zero-order valence-electron chi connectivity index (χ0n) is 11.0. The third-order valence-electron chi connectivity index (χ3n) is 2.80. The number of nitrogens with zero attached hydrogens (tertiary/aromatic N) is 1. The van der Waals surface area contributed by atoms with Crippen LogP contribution in [0.15, 0.2) is 24.3 Å². The van der Waals surface area contributed by atoms with E-state index in [9.17, 15) is 4.39 Å². The van der Waals surface area contributed by atoms with Gasteiger partial charge in [-0.1, -0.05) is 26.0 Å². The van der Waals surface area contributed by atoms with Crippen molar-refractivity contribution < 1.29 is 4.39 Å². The van der Waals surface area contributed by atoms with Crippen LogP contribution in [0.25, 0.3) is 0 Å². The van der Waals surface area contributed by atoms with Gasteiger partial charge in [0.15, 0.2) is 0 Å². The van der Waals surface area contributed by atoms with E-state index in [1.54, 1.807) is 12.1 Å². The van der Waals surface area contributed by atoms with Crippen molar-refractivity contribution in [2.45, 2.75) is 26.3 Å². The van der Waals surface area contributed by atoms with Crippen molar-refractivity contribution in [2.24, 2.45) is 11.7 Å². The van der Waals surface area contributed by atoms with Gasteiger partial charge in [0, 0.05) is 12.6 Å². The molecule has 0 saturated carbocycles. The first-order valence-corrected chi connectivity index (χ1v) is 6.18. The molecule has 1 aromatic carbocycles. The Bertz CT molecular complexity index is 321. The van der Waals surface area contributed by atoms with E-state index >= 15 is 0 Å². The van der Waals surface area contributed by atoms with Crippen LogP contribution >= 0.6 is 0 Å². The largest absolute Gasteiger partial charge is 0.324 e. The van der Waals surface area contributed by atoms with Crippen molar-refractivity contribution in [3.05, 3.63) is 35.6 Å².